The molecule has 1 aromatic rings. The fraction of sp³-hybridized carbons (Fsp3) is 0.579. The van der Waals surface area contributed by atoms with E-state index in [2.05, 4.69) is 15.8 Å². The molecular weight excluding hydrogens is 366 g/mol. The maximum Gasteiger partial charge on any atom is 0.341 e. The molecule has 1 saturated carbocycles. The molecule has 1 heterocycles. The van der Waals surface area contributed by atoms with Crippen molar-refractivity contribution in [3.63, 3.8) is 0 Å². The average Bonchev–Trinajstić information content (AvgIpc) is 3.05. The van der Waals surface area contributed by atoms with Gasteiger partial charge in [-0.15, -0.1) is 11.3 Å². The molecule has 1 aromatic heterocycles. The minimum absolute atomic E-state index is 0.358. The number of ether oxygens (including phenoxy) is 1. The zero-order valence-corrected chi connectivity index (χ0v) is 16.3. The Labute approximate surface area is 162 Å². The zero-order valence-electron chi connectivity index (χ0n) is 15.5. The summed E-state index contributed by atoms with van der Waals surface area (Å²) in [5, 5.41) is 6.87. The quantitative estimate of drug-likeness (QED) is 0.357. The fourth-order valence-corrected chi connectivity index (χ4v) is 4.94. The van der Waals surface area contributed by atoms with Crippen LogP contribution in [-0.2, 0) is 27.2 Å². The lowest BCUT2D eigenvalue weighted by atomic mass is 9.90. The number of carbonyl (C=O) groups is 3. The van der Waals surface area contributed by atoms with Crippen molar-refractivity contribution >= 4 is 40.3 Å². The lowest BCUT2D eigenvalue weighted by Gasteiger charge is -2.16. The molecule has 0 aliphatic heterocycles. The highest BCUT2D eigenvalue weighted by molar-refractivity contribution is 7.17. The molecule has 0 saturated heterocycles. The number of carbonyl (C=O) groups excluding carboxylic acids is 3. The van der Waals surface area contributed by atoms with Crippen LogP contribution in [0.4, 0.5) is 5.00 Å². The predicted molar refractivity (Wildman–Crippen MR) is 104 cm³/mol. The van der Waals surface area contributed by atoms with Crippen LogP contribution in [0.5, 0.6) is 0 Å². The van der Waals surface area contributed by atoms with Gasteiger partial charge in [0.25, 0.3) is 0 Å². The summed E-state index contributed by atoms with van der Waals surface area (Å²) in [4.78, 5) is 37.5. The van der Waals surface area contributed by atoms with Gasteiger partial charge in [-0.05, 0) is 50.0 Å². The molecule has 7 nitrogen and oxygen atoms in total. The van der Waals surface area contributed by atoms with E-state index in [0.717, 1.165) is 49.0 Å². The molecule has 0 atom stereocenters. The molecule has 0 aromatic carbocycles. The number of fused-ring (bicyclic) bond motifs is 1. The standard InChI is InChI=1S/C19H25N3O4S/c1-26-19(25)15-13-9-5-6-10-14(13)27-18(15)21-16(23)17(24)22-20-11-12-7-3-2-4-8-12/h11-12H,2-10H2,1H3,(H,21,23)(H,22,24)/b20-11+. The zero-order chi connectivity index (χ0) is 19.2. The lowest BCUT2D eigenvalue weighted by Crippen LogP contribution is -2.32. The van der Waals surface area contributed by atoms with Crippen LogP contribution in [0.25, 0.3) is 0 Å². The molecular formula is C19H25N3O4S. The minimum atomic E-state index is -0.843. The molecule has 2 amide bonds. The second-order valence-electron chi connectivity index (χ2n) is 6.98. The first-order valence-electron chi connectivity index (χ1n) is 9.47. The number of nitrogens with one attached hydrogen (secondary N) is 2. The number of hydrogen-bond donors (Lipinski definition) is 2. The molecule has 2 aliphatic rings. The molecule has 2 aliphatic carbocycles. The van der Waals surface area contributed by atoms with Gasteiger partial charge in [-0.1, -0.05) is 19.3 Å². The van der Waals surface area contributed by atoms with Crippen molar-refractivity contribution in [1.29, 1.82) is 0 Å². The van der Waals surface area contributed by atoms with Gasteiger partial charge in [-0.2, -0.15) is 5.10 Å². The van der Waals surface area contributed by atoms with Crippen molar-refractivity contribution in [3.05, 3.63) is 16.0 Å². The monoisotopic (exact) mass is 391 g/mol. The van der Waals surface area contributed by atoms with Crippen LogP contribution in [0.1, 0.15) is 65.7 Å². The van der Waals surface area contributed by atoms with Crippen LogP contribution in [0, 0.1) is 5.92 Å². The highest BCUT2D eigenvalue weighted by Gasteiger charge is 2.28. The van der Waals surface area contributed by atoms with Crippen molar-refractivity contribution in [2.24, 2.45) is 11.0 Å². The van der Waals surface area contributed by atoms with Crippen molar-refractivity contribution in [2.45, 2.75) is 57.8 Å². The van der Waals surface area contributed by atoms with E-state index in [4.69, 9.17) is 4.74 Å². The highest BCUT2D eigenvalue weighted by atomic mass is 32.1. The van der Waals surface area contributed by atoms with Gasteiger partial charge >= 0.3 is 17.8 Å². The first-order chi connectivity index (χ1) is 13.1. The normalized spacial score (nSPS) is 17.4. The summed E-state index contributed by atoms with van der Waals surface area (Å²) in [5.41, 5.74) is 3.59. The van der Waals surface area contributed by atoms with Crippen LogP contribution in [0.15, 0.2) is 5.10 Å². The molecule has 8 heteroatoms. The van der Waals surface area contributed by atoms with E-state index in [-0.39, 0.29) is 0 Å². The molecule has 3 rings (SSSR count). The maximum absolute atomic E-state index is 12.2. The van der Waals surface area contributed by atoms with E-state index in [1.165, 1.54) is 37.7 Å². The van der Waals surface area contributed by atoms with Gasteiger partial charge in [0.1, 0.15) is 5.00 Å². The molecule has 0 unspecified atom stereocenters. The summed E-state index contributed by atoms with van der Waals surface area (Å²) < 4.78 is 4.87. The third-order valence-electron chi connectivity index (χ3n) is 5.10. The van der Waals surface area contributed by atoms with E-state index in [0.29, 0.717) is 16.5 Å². The number of methoxy groups -OCH3 is 1. The number of rotatable bonds is 4. The number of nitrogens with zero attached hydrogens (tertiary/aromatic N) is 1. The van der Waals surface area contributed by atoms with E-state index in [1.807, 2.05) is 0 Å². The molecule has 2 N–H and O–H groups in total. The van der Waals surface area contributed by atoms with Crippen molar-refractivity contribution < 1.29 is 19.1 Å². The van der Waals surface area contributed by atoms with E-state index < -0.39 is 17.8 Å². The Kier molecular flexibility index (Phi) is 6.60. The number of esters is 1. The van der Waals surface area contributed by atoms with Crippen LogP contribution >= 0.6 is 11.3 Å². The van der Waals surface area contributed by atoms with E-state index in [1.54, 1.807) is 6.21 Å². The Hall–Kier alpha value is -2.22. The first kappa shape index (κ1) is 19.5. The van der Waals surface area contributed by atoms with Gasteiger partial charge in [0, 0.05) is 11.1 Å². The van der Waals surface area contributed by atoms with Crippen LogP contribution in [0.3, 0.4) is 0 Å². The third kappa shape index (κ3) is 4.74. The highest BCUT2D eigenvalue weighted by Crippen LogP contribution is 2.38. The lowest BCUT2D eigenvalue weighted by molar-refractivity contribution is -0.136. The minimum Gasteiger partial charge on any atom is -0.465 e. The Balaban J connectivity index is 1.64. The van der Waals surface area contributed by atoms with Gasteiger partial charge in [-0.25, -0.2) is 10.2 Å². The predicted octanol–water partition coefficient (Wildman–Crippen LogP) is 3.03. The molecule has 1 fully saturated rings. The SMILES string of the molecule is COC(=O)c1c(NC(=O)C(=O)N/N=C/C2CCCCC2)sc2c1CCCC2. The van der Waals surface area contributed by atoms with Gasteiger partial charge in [0.05, 0.1) is 12.7 Å². The number of anilines is 1. The van der Waals surface area contributed by atoms with Gasteiger partial charge < -0.3 is 10.1 Å². The van der Waals surface area contributed by atoms with Crippen LogP contribution < -0.4 is 10.7 Å². The van der Waals surface area contributed by atoms with Crippen LogP contribution in [0.2, 0.25) is 0 Å². The Morgan fingerprint density at radius 2 is 1.81 bits per heavy atom. The second-order valence-corrected chi connectivity index (χ2v) is 8.08. The summed E-state index contributed by atoms with van der Waals surface area (Å²) in [6, 6.07) is 0. The van der Waals surface area contributed by atoms with Gasteiger partial charge in [0.2, 0.25) is 0 Å². The molecule has 0 bridgehead atoms. The van der Waals surface area contributed by atoms with Crippen molar-refractivity contribution in [3.8, 4) is 0 Å². The van der Waals surface area contributed by atoms with E-state index in [9.17, 15) is 14.4 Å². The van der Waals surface area contributed by atoms with Crippen molar-refractivity contribution in [2.75, 3.05) is 12.4 Å². The number of hydrogen-bond acceptors (Lipinski definition) is 6. The Morgan fingerprint density at radius 3 is 2.56 bits per heavy atom. The summed E-state index contributed by atoms with van der Waals surface area (Å²) in [6.07, 6.45) is 11.1. The summed E-state index contributed by atoms with van der Waals surface area (Å²) >= 11 is 1.35. The summed E-state index contributed by atoms with van der Waals surface area (Å²) in [7, 11) is 1.31. The molecule has 0 radical (unpaired) electrons. The Morgan fingerprint density at radius 1 is 1.07 bits per heavy atom. The summed E-state index contributed by atoms with van der Waals surface area (Å²) in [6.45, 7) is 0. The number of thiophene rings is 1. The first-order valence-corrected chi connectivity index (χ1v) is 10.3. The number of amides is 2. The van der Waals surface area contributed by atoms with Gasteiger partial charge in [-0.3, -0.25) is 9.59 Å². The van der Waals surface area contributed by atoms with Gasteiger partial charge in [0.15, 0.2) is 0 Å². The molecule has 27 heavy (non-hydrogen) atoms. The largest absolute Gasteiger partial charge is 0.465 e. The Bertz CT molecular complexity index is 750. The number of hydrazone groups is 1. The maximum atomic E-state index is 12.2. The third-order valence-corrected chi connectivity index (χ3v) is 6.30. The number of aryl methyl sites for hydroxylation is 1. The van der Waals surface area contributed by atoms with E-state index >= 15 is 0 Å². The topological polar surface area (TPSA) is 96.9 Å². The molecule has 0 spiro atoms. The van der Waals surface area contributed by atoms with Crippen molar-refractivity contribution in [1.82, 2.24) is 5.43 Å². The summed E-state index contributed by atoms with van der Waals surface area (Å²) in [5.74, 6) is -1.80. The second kappa shape index (κ2) is 9.12. The molecule has 146 valence electrons. The smallest absolute Gasteiger partial charge is 0.341 e. The average molecular weight is 391 g/mol. The fourth-order valence-electron chi connectivity index (χ4n) is 3.67. The van der Waals surface area contributed by atoms with Crippen LogP contribution in [-0.4, -0.2) is 31.1 Å².